The second-order valence-corrected chi connectivity index (χ2v) is 5.09. The maximum Gasteiger partial charge on any atom is 0.270 e. The Kier molecular flexibility index (Phi) is 3.23. The van der Waals surface area contributed by atoms with Crippen molar-refractivity contribution in [1.82, 2.24) is 15.3 Å². The van der Waals surface area contributed by atoms with Gasteiger partial charge in [0.15, 0.2) is 0 Å². The maximum absolute atomic E-state index is 10.9. The zero-order valence-corrected chi connectivity index (χ0v) is 11.2. The van der Waals surface area contributed by atoms with Gasteiger partial charge in [-0.05, 0) is 19.9 Å². The van der Waals surface area contributed by atoms with E-state index in [0.717, 1.165) is 42.3 Å². The first-order valence-corrected chi connectivity index (χ1v) is 6.67. The van der Waals surface area contributed by atoms with Gasteiger partial charge in [-0.2, -0.15) is 0 Å². The van der Waals surface area contributed by atoms with Gasteiger partial charge in [0.1, 0.15) is 5.82 Å². The molecule has 6 heteroatoms. The number of imidazole rings is 1. The Hall–Kier alpha value is -2.21. The lowest BCUT2D eigenvalue weighted by molar-refractivity contribution is -0.384. The highest BCUT2D eigenvalue weighted by atomic mass is 16.6. The number of rotatable bonds is 3. The van der Waals surface area contributed by atoms with Gasteiger partial charge in [0.2, 0.25) is 0 Å². The minimum atomic E-state index is -0.382. The molecule has 2 N–H and O–H groups in total. The number of nitrogens with one attached hydrogen (secondary N) is 2. The van der Waals surface area contributed by atoms with E-state index < -0.39 is 0 Å². The maximum atomic E-state index is 10.9. The van der Waals surface area contributed by atoms with Crippen molar-refractivity contribution in [3.05, 3.63) is 45.9 Å². The molecule has 20 heavy (non-hydrogen) atoms. The van der Waals surface area contributed by atoms with Crippen LogP contribution >= 0.6 is 0 Å². The predicted molar refractivity (Wildman–Crippen MR) is 75.6 cm³/mol. The Labute approximate surface area is 116 Å². The molecule has 1 unspecified atom stereocenters. The van der Waals surface area contributed by atoms with E-state index in [4.69, 9.17) is 0 Å². The van der Waals surface area contributed by atoms with Gasteiger partial charge in [-0.3, -0.25) is 10.1 Å². The van der Waals surface area contributed by atoms with Crippen molar-refractivity contribution in [2.75, 3.05) is 13.1 Å². The average molecular weight is 272 g/mol. The van der Waals surface area contributed by atoms with E-state index in [9.17, 15) is 10.1 Å². The smallest absolute Gasteiger partial charge is 0.270 e. The number of aromatic amines is 1. The largest absolute Gasteiger partial charge is 0.345 e. The van der Waals surface area contributed by atoms with Crippen LogP contribution in [0.1, 0.15) is 23.9 Å². The molecule has 1 fully saturated rings. The summed E-state index contributed by atoms with van der Waals surface area (Å²) in [6, 6.07) is 6.61. The van der Waals surface area contributed by atoms with Crippen molar-refractivity contribution in [3.63, 3.8) is 0 Å². The van der Waals surface area contributed by atoms with Crippen LogP contribution in [0.25, 0.3) is 11.3 Å². The number of H-pyrrole nitrogens is 1. The number of nitro benzene ring substituents is 1. The van der Waals surface area contributed by atoms with E-state index in [-0.39, 0.29) is 10.6 Å². The van der Waals surface area contributed by atoms with Gasteiger partial charge in [-0.15, -0.1) is 0 Å². The number of aryl methyl sites for hydroxylation is 1. The molecular weight excluding hydrogens is 256 g/mol. The molecule has 1 saturated heterocycles. The molecule has 0 amide bonds. The van der Waals surface area contributed by atoms with Gasteiger partial charge in [0, 0.05) is 35.9 Å². The fourth-order valence-corrected chi connectivity index (χ4v) is 2.61. The molecular formula is C14H16N4O2. The molecule has 0 saturated carbocycles. The molecule has 1 aromatic carbocycles. The molecule has 6 nitrogen and oxygen atoms in total. The van der Waals surface area contributed by atoms with Gasteiger partial charge < -0.3 is 10.3 Å². The van der Waals surface area contributed by atoms with Crippen LogP contribution in [-0.4, -0.2) is 28.0 Å². The number of nitro groups is 1. The van der Waals surface area contributed by atoms with E-state index in [1.807, 2.05) is 13.0 Å². The molecule has 104 valence electrons. The Morgan fingerprint density at radius 2 is 2.30 bits per heavy atom. The summed E-state index contributed by atoms with van der Waals surface area (Å²) in [6.07, 6.45) is 1.07. The quantitative estimate of drug-likeness (QED) is 0.663. The summed E-state index contributed by atoms with van der Waals surface area (Å²) in [5.41, 5.74) is 2.63. The first-order chi connectivity index (χ1) is 9.65. The zero-order valence-electron chi connectivity index (χ0n) is 11.2. The number of benzene rings is 1. The number of nitrogens with zero attached hydrogens (tertiary/aromatic N) is 2. The highest BCUT2D eigenvalue weighted by Gasteiger charge is 2.21. The Morgan fingerprint density at radius 1 is 1.45 bits per heavy atom. The number of hydrogen-bond acceptors (Lipinski definition) is 4. The van der Waals surface area contributed by atoms with Crippen LogP contribution in [0.3, 0.4) is 0 Å². The Balaban J connectivity index is 1.97. The lowest BCUT2D eigenvalue weighted by Gasteiger charge is -2.02. The minimum absolute atomic E-state index is 0.0917. The fraction of sp³-hybridized carbons (Fsp3) is 0.357. The highest BCUT2D eigenvalue weighted by molar-refractivity contribution is 5.64. The van der Waals surface area contributed by atoms with E-state index in [2.05, 4.69) is 15.3 Å². The lowest BCUT2D eigenvalue weighted by atomic mass is 10.1. The first-order valence-electron chi connectivity index (χ1n) is 6.67. The summed E-state index contributed by atoms with van der Waals surface area (Å²) in [5, 5.41) is 14.2. The topological polar surface area (TPSA) is 83.8 Å². The summed E-state index contributed by atoms with van der Waals surface area (Å²) in [5.74, 6) is 1.37. The van der Waals surface area contributed by atoms with Crippen molar-refractivity contribution < 1.29 is 4.92 Å². The van der Waals surface area contributed by atoms with Crippen LogP contribution in [0.4, 0.5) is 5.69 Å². The summed E-state index contributed by atoms with van der Waals surface area (Å²) >= 11 is 0. The second-order valence-electron chi connectivity index (χ2n) is 5.09. The summed E-state index contributed by atoms with van der Waals surface area (Å²) in [7, 11) is 0. The monoisotopic (exact) mass is 272 g/mol. The third-order valence-electron chi connectivity index (χ3n) is 3.68. The van der Waals surface area contributed by atoms with Crippen molar-refractivity contribution >= 4 is 5.69 Å². The molecule has 0 radical (unpaired) electrons. The molecule has 0 aliphatic carbocycles. The molecule has 2 aromatic rings. The summed E-state index contributed by atoms with van der Waals surface area (Å²) < 4.78 is 0. The molecule has 2 heterocycles. The van der Waals surface area contributed by atoms with E-state index >= 15 is 0 Å². The van der Waals surface area contributed by atoms with Crippen LogP contribution in [0.2, 0.25) is 0 Å². The molecule has 1 aromatic heterocycles. The van der Waals surface area contributed by atoms with E-state index in [1.165, 1.54) is 6.07 Å². The third-order valence-corrected chi connectivity index (χ3v) is 3.68. The first kappa shape index (κ1) is 12.8. The van der Waals surface area contributed by atoms with E-state index in [0.29, 0.717) is 5.92 Å². The van der Waals surface area contributed by atoms with Crippen molar-refractivity contribution in [1.29, 1.82) is 0 Å². The molecule has 1 atom stereocenters. The molecule has 1 aliphatic heterocycles. The number of non-ortho nitro benzene ring substituents is 1. The van der Waals surface area contributed by atoms with E-state index in [1.54, 1.807) is 12.1 Å². The molecule has 0 bridgehead atoms. The van der Waals surface area contributed by atoms with Crippen molar-refractivity contribution in [2.45, 2.75) is 19.3 Å². The second kappa shape index (κ2) is 5.05. The van der Waals surface area contributed by atoms with Gasteiger partial charge in [0.25, 0.3) is 5.69 Å². The zero-order chi connectivity index (χ0) is 14.1. The summed E-state index contributed by atoms with van der Waals surface area (Å²) in [6.45, 7) is 3.89. The predicted octanol–water partition coefficient (Wildman–Crippen LogP) is 2.37. The minimum Gasteiger partial charge on any atom is -0.345 e. The Morgan fingerprint density at radius 3 is 3.00 bits per heavy atom. The van der Waals surface area contributed by atoms with Gasteiger partial charge in [-0.25, -0.2) is 4.98 Å². The standard InChI is InChI=1S/C14H16N4O2/c1-9-13(10-3-2-4-12(7-10)18(19)20)17-14(16-9)11-5-6-15-8-11/h2-4,7,11,15H,5-6,8H2,1H3,(H,16,17). The van der Waals surface area contributed by atoms with Crippen LogP contribution in [0, 0.1) is 17.0 Å². The van der Waals surface area contributed by atoms with Gasteiger partial charge >= 0.3 is 0 Å². The summed E-state index contributed by atoms with van der Waals surface area (Å²) in [4.78, 5) is 18.4. The lowest BCUT2D eigenvalue weighted by Crippen LogP contribution is -2.08. The van der Waals surface area contributed by atoms with Crippen LogP contribution in [-0.2, 0) is 0 Å². The fourth-order valence-electron chi connectivity index (χ4n) is 2.61. The highest BCUT2D eigenvalue weighted by Crippen LogP contribution is 2.28. The SMILES string of the molecule is Cc1[nH]c(C2CCNC2)nc1-c1cccc([N+](=O)[O-])c1. The Bertz CT molecular complexity index is 644. The van der Waals surface area contributed by atoms with Crippen LogP contribution in [0.15, 0.2) is 24.3 Å². The third kappa shape index (κ3) is 2.30. The molecule has 3 rings (SSSR count). The van der Waals surface area contributed by atoms with Gasteiger partial charge in [-0.1, -0.05) is 12.1 Å². The van der Waals surface area contributed by atoms with Crippen LogP contribution in [0.5, 0.6) is 0 Å². The van der Waals surface area contributed by atoms with Crippen molar-refractivity contribution in [2.24, 2.45) is 0 Å². The number of hydrogen-bond donors (Lipinski definition) is 2. The van der Waals surface area contributed by atoms with Crippen LogP contribution < -0.4 is 5.32 Å². The number of aromatic nitrogens is 2. The average Bonchev–Trinajstić information content (AvgIpc) is 3.07. The molecule has 1 aliphatic rings. The van der Waals surface area contributed by atoms with Crippen molar-refractivity contribution in [3.8, 4) is 11.3 Å². The molecule has 0 spiro atoms. The normalized spacial score (nSPS) is 18.4. The van der Waals surface area contributed by atoms with Gasteiger partial charge in [0.05, 0.1) is 10.6 Å².